The fraction of sp³-hybridized carbons (Fsp3) is 0.643. The first-order valence-electron chi connectivity index (χ1n) is 7.16. The number of hydrogen-bond donors (Lipinski definition) is 2. The van der Waals surface area contributed by atoms with Gasteiger partial charge in [0.25, 0.3) is 5.56 Å². The maximum absolute atomic E-state index is 12.4. The molecule has 0 aromatic carbocycles. The lowest BCUT2D eigenvalue weighted by Crippen LogP contribution is -2.46. The van der Waals surface area contributed by atoms with Gasteiger partial charge >= 0.3 is 11.8 Å². The first-order chi connectivity index (χ1) is 10.2. The zero-order chi connectivity index (χ0) is 16.5. The maximum atomic E-state index is 12.4. The van der Waals surface area contributed by atoms with E-state index in [-0.39, 0.29) is 6.61 Å². The van der Waals surface area contributed by atoms with Gasteiger partial charge in [0.1, 0.15) is 11.8 Å². The van der Waals surface area contributed by atoms with Gasteiger partial charge in [-0.05, 0) is 33.6 Å². The molecule has 1 saturated heterocycles. The van der Waals surface area contributed by atoms with Crippen LogP contribution in [-0.4, -0.2) is 43.9 Å². The first kappa shape index (κ1) is 16.3. The number of amides is 1. The summed E-state index contributed by atoms with van der Waals surface area (Å²) in [6.07, 6.45) is 1.22. The third-order valence-electron chi connectivity index (χ3n) is 3.46. The number of rotatable bonds is 2. The molecule has 1 aromatic heterocycles. The largest absolute Gasteiger partial charge is 0.444 e. The molecule has 8 nitrogen and oxygen atoms in total. The molecule has 22 heavy (non-hydrogen) atoms. The van der Waals surface area contributed by atoms with Crippen molar-refractivity contribution in [2.75, 3.05) is 6.61 Å². The Hall–Kier alpha value is -2.09. The Morgan fingerprint density at radius 3 is 2.64 bits per heavy atom. The average Bonchev–Trinajstić information content (AvgIpc) is 2.80. The molecule has 1 aliphatic rings. The van der Waals surface area contributed by atoms with Gasteiger partial charge in [0.2, 0.25) is 0 Å². The molecule has 1 amide bonds. The van der Waals surface area contributed by atoms with E-state index in [9.17, 15) is 19.5 Å². The van der Waals surface area contributed by atoms with Crippen LogP contribution in [0.2, 0.25) is 0 Å². The number of nitrogens with zero attached hydrogens (tertiary/aromatic N) is 2. The summed E-state index contributed by atoms with van der Waals surface area (Å²) < 4.78 is 6.64. The normalized spacial score (nSPS) is 21.9. The molecule has 2 rings (SSSR count). The summed E-state index contributed by atoms with van der Waals surface area (Å²) in [5.41, 5.74) is -1.77. The average molecular weight is 311 g/mol. The van der Waals surface area contributed by atoms with Crippen molar-refractivity contribution in [1.82, 2.24) is 14.5 Å². The molecular weight excluding hydrogens is 290 g/mol. The molecule has 1 aromatic rings. The Labute approximate surface area is 127 Å². The summed E-state index contributed by atoms with van der Waals surface area (Å²) >= 11 is 0. The molecule has 1 fully saturated rings. The standard InChI is InChI=1S/C14H21N3O5/c1-14(2,3)22-13(21)17-9(8-18)4-5-11(17)16-7-6-10(19)15-12(16)20/h6-7,9,11,18H,4-5,8H2,1-3H3,(H,15,19,20)/t9-,11+/m0/s1. The van der Waals surface area contributed by atoms with Gasteiger partial charge in [0.05, 0.1) is 12.6 Å². The number of aromatic nitrogens is 2. The number of likely N-dealkylation sites (tertiary alicyclic amines) is 1. The highest BCUT2D eigenvalue weighted by atomic mass is 16.6. The molecule has 0 unspecified atom stereocenters. The van der Waals surface area contributed by atoms with E-state index in [2.05, 4.69) is 4.98 Å². The molecule has 8 heteroatoms. The second-order valence-corrected chi connectivity index (χ2v) is 6.30. The van der Waals surface area contributed by atoms with Crippen LogP contribution in [0.25, 0.3) is 0 Å². The fourth-order valence-corrected chi connectivity index (χ4v) is 2.56. The van der Waals surface area contributed by atoms with E-state index < -0.39 is 35.2 Å². The van der Waals surface area contributed by atoms with Crippen molar-refractivity contribution in [3.05, 3.63) is 33.1 Å². The molecule has 0 saturated carbocycles. The Bertz CT molecular complexity index is 657. The van der Waals surface area contributed by atoms with Crippen molar-refractivity contribution in [3.63, 3.8) is 0 Å². The number of nitrogens with one attached hydrogen (secondary N) is 1. The van der Waals surface area contributed by atoms with E-state index >= 15 is 0 Å². The van der Waals surface area contributed by atoms with Gasteiger partial charge in [0, 0.05) is 12.3 Å². The summed E-state index contributed by atoms with van der Waals surface area (Å²) in [4.78, 5) is 39.0. The van der Waals surface area contributed by atoms with E-state index in [0.29, 0.717) is 12.8 Å². The highest BCUT2D eigenvalue weighted by Crippen LogP contribution is 2.32. The molecule has 122 valence electrons. The lowest BCUT2D eigenvalue weighted by molar-refractivity contribution is 0.000603. The van der Waals surface area contributed by atoms with Crippen LogP contribution in [0, 0.1) is 0 Å². The van der Waals surface area contributed by atoms with Gasteiger partial charge in [-0.25, -0.2) is 9.59 Å². The summed E-state index contributed by atoms with van der Waals surface area (Å²) in [5, 5.41) is 9.47. The molecule has 0 bridgehead atoms. The topological polar surface area (TPSA) is 105 Å². The van der Waals surface area contributed by atoms with Gasteiger partial charge in [-0.15, -0.1) is 0 Å². The van der Waals surface area contributed by atoms with E-state index in [1.807, 2.05) is 0 Å². The Morgan fingerprint density at radius 1 is 1.41 bits per heavy atom. The maximum Gasteiger partial charge on any atom is 0.412 e. The molecule has 0 aliphatic carbocycles. The highest BCUT2D eigenvalue weighted by Gasteiger charge is 2.40. The van der Waals surface area contributed by atoms with Gasteiger partial charge in [-0.3, -0.25) is 19.2 Å². The van der Waals surface area contributed by atoms with Crippen molar-refractivity contribution < 1.29 is 14.6 Å². The second-order valence-electron chi connectivity index (χ2n) is 6.30. The van der Waals surface area contributed by atoms with Crippen LogP contribution in [0.3, 0.4) is 0 Å². The summed E-state index contributed by atoms with van der Waals surface area (Å²) in [7, 11) is 0. The van der Waals surface area contributed by atoms with E-state index in [4.69, 9.17) is 4.74 Å². The highest BCUT2D eigenvalue weighted by molar-refractivity contribution is 5.69. The van der Waals surface area contributed by atoms with Crippen molar-refractivity contribution in [2.45, 2.75) is 51.4 Å². The van der Waals surface area contributed by atoms with E-state index in [1.54, 1.807) is 20.8 Å². The van der Waals surface area contributed by atoms with Crippen LogP contribution < -0.4 is 11.2 Å². The minimum Gasteiger partial charge on any atom is -0.444 e. The van der Waals surface area contributed by atoms with Crippen LogP contribution in [-0.2, 0) is 4.74 Å². The third kappa shape index (κ3) is 3.38. The fourth-order valence-electron chi connectivity index (χ4n) is 2.56. The molecule has 1 aliphatic heterocycles. The zero-order valence-corrected chi connectivity index (χ0v) is 12.9. The number of carbonyl (C=O) groups excluding carboxylic acids is 1. The van der Waals surface area contributed by atoms with Crippen LogP contribution >= 0.6 is 0 Å². The number of aromatic amines is 1. The van der Waals surface area contributed by atoms with Gasteiger partial charge in [0.15, 0.2) is 0 Å². The Kier molecular flexibility index (Phi) is 4.41. The summed E-state index contributed by atoms with van der Waals surface area (Å²) in [5.74, 6) is 0. The van der Waals surface area contributed by atoms with Gasteiger partial charge in [-0.2, -0.15) is 0 Å². The van der Waals surface area contributed by atoms with E-state index in [0.717, 1.165) is 0 Å². The molecule has 2 N–H and O–H groups in total. The van der Waals surface area contributed by atoms with Gasteiger partial charge in [-0.1, -0.05) is 0 Å². The second kappa shape index (κ2) is 5.96. The molecule has 0 spiro atoms. The third-order valence-corrected chi connectivity index (χ3v) is 3.46. The zero-order valence-electron chi connectivity index (χ0n) is 12.9. The number of carbonyl (C=O) groups is 1. The number of H-pyrrole nitrogens is 1. The van der Waals surface area contributed by atoms with Crippen molar-refractivity contribution in [2.24, 2.45) is 0 Å². The Balaban J connectivity index is 2.35. The van der Waals surface area contributed by atoms with Crippen molar-refractivity contribution in [1.29, 1.82) is 0 Å². The molecule has 2 heterocycles. The van der Waals surface area contributed by atoms with Crippen LogP contribution in [0.5, 0.6) is 0 Å². The molecule has 2 atom stereocenters. The van der Waals surface area contributed by atoms with E-state index in [1.165, 1.54) is 21.7 Å². The monoisotopic (exact) mass is 311 g/mol. The smallest absolute Gasteiger partial charge is 0.412 e. The summed E-state index contributed by atoms with van der Waals surface area (Å²) in [6, 6.07) is 0.805. The van der Waals surface area contributed by atoms with Crippen LogP contribution in [0.4, 0.5) is 4.79 Å². The number of hydrogen-bond acceptors (Lipinski definition) is 5. The molecular formula is C14H21N3O5. The Morgan fingerprint density at radius 2 is 2.09 bits per heavy atom. The van der Waals surface area contributed by atoms with Gasteiger partial charge < -0.3 is 9.84 Å². The predicted molar refractivity (Wildman–Crippen MR) is 78.5 cm³/mol. The van der Waals surface area contributed by atoms with Crippen molar-refractivity contribution >= 4 is 6.09 Å². The quantitative estimate of drug-likeness (QED) is 0.824. The minimum atomic E-state index is -0.680. The minimum absolute atomic E-state index is 0.214. The molecule has 0 radical (unpaired) electrons. The first-order valence-corrected chi connectivity index (χ1v) is 7.16. The number of ether oxygens (including phenoxy) is 1. The number of aliphatic hydroxyl groups is 1. The van der Waals surface area contributed by atoms with Crippen LogP contribution in [0.1, 0.15) is 39.8 Å². The number of aliphatic hydroxyl groups excluding tert-OH is 1. The lowest BCUT2D eigenvalue weighted by Gasteiger charge is -2.32. The predicted octanol–water partition coefficient (Wildman–Crippen LogP) is 0.427. The lowest BCUT2D eigenvalue weighted by atomic mass is 10.2. The van der Waals surface area contributed by atoms with Crippen molar-refractivity contribution in [3.8, 4) is 0 Å². The van der Waals surface area contributed by atoms with Crippen LogP contribution in [0.15, 0.2) is 21.9 Å². The SMILES string of the molecule is CC(C)(C)OC(=O)N1[C@H](CO)CC[C@@H]1n1ccc(=O)[nH]c1=O. The summed E-state index contributed by atoms with van der Waals surface area (Å²) in [6.45, 7) is 5.02.